The van der Waals surface area contributed by atoms with E-state index in [1.165, 1.54) is 12.3 Å². The molecule has 0 aliphatic heterocycles. The number of aryl methyl sites for hydroxylation is 1. The topological polar surface area (TPSA) is 90.4 Å². The van der Waals surface area contributed by atoms with Crippen molar-refractivity contribution in [1.29, 1.82) is 0 Å². The first-order valence-corrected chi connectivity index (χ1v) is 7.43. The van der Waals surface area contributed by atoms with Gasteiger partial charge in [-0.25, -0.2) is 4.98 Å². The number of hydrogen-bond donors (Lipinski definition) is 1. The predicted molar refractivity (Wildman–Crippen MR) is 90.4 cm³/mol. The van der Waals surface area contributed by atoms with Crippen LogP contribution in [0, 0.1) is 17.0 Å². The number of nitro groups is 1. The average Bonchev–Trinajstić information content (AvgIpc) is 2.91. The van der Waals surface area contributed by atoms with Gasteiger partial charge < -0.3 is 14.5 Å². The number of benzene rings is 1. The van der Waals surface area contributed by atoms with Crippen LogP contribution in [0.2, 0.25) is 0 Å². The van der Waals surface area contributed by atoms with Crippen molar-refractivity contribution in [2.75, 3.05) is 12.4 Å². The summed E-state index contributed by atoms with van der Waals surface area (Å²) in [6.45, 7) is 3.94. The van der Waals surface area contributed by atoms with Gasteiger partial charge in [-0.3, -0.25) is 10.1 Å². The van der Waals surface area contributed by atoms with E-state index >= 15 is 0 Å². The lowest BCUT2D eigenvalue weighted by atomic mass is 10.1. The molecule has 0 aliphatic carbocycles. The normalized spacial score (nSPS) is 12.1. The highest BCUT2D eigenvalue weighted by Gasteiger charge is 2.18. The molecular formula is C17H17N3O4. The largest absolute Gasteiger partial charge is 0.497 e. The second-order valence-corrected chi connectivity index (χ2v) is 5.48. The summed E-state index contributed by atoms with van der Waals surface area (Å²) >= 11 is 0. The van der Waals surface area contributed by atoms with E-state index in [0.717, 1.165) is 28.0 Å². The highest BCUT2D eigenvalue weighted by atomic mass is 16.6. The zero-order valence-electron chi connectivity index (χ0n) is 13.6. The summed E-state index contributed by atoms with van der Waals surface area (Å²) in [6.07, 6.45) is 1.23. The van der Waals surface area contributed by atoms with E-state index in [4.69, 9.17) is 9.15 Å². The lowest BCUT2D eigenvalue weighted by Crippen LogP contribution is -2.08. The van der Waals surface area contributed by atoms with E-state index in [0.29, 0.717) is 5.82 Å². The maximum atomic E-state index is 10.7. The van der Waals surface area contributed by atoms with Crippen molar-refractivity contribution in [2.45, 2.75) is 19.9 Å². The van der Waals surface area contributed by atoms with Crippen molar-refractivity contribution in [3.8, 4) is 5.75 Å². The summed E-state index contributed by atoms with van der Waals surface area (Å²) in [5.74, 6) is 2.11. The first kappa shape index (κ1) is 15.8. The quantitative estimate of drug-likeness (QED) is 0.557. The van der Waals surface area contributed by atoms with E-state index in [1.807, 2.05) is 32.0 Å². The second kappa shape index (κ2) is 6.19. The fraction of sp³-hybridized carbons (Fsp3) is 0.235. The highest BCUT2D eigenvalue weighted by molar-refractivity contribution is 5.83. The molecule has 0 radical (unpaired) electrons. The van der Waals surface area contributed by atoms with Crippen LogP contribution in [-0.4, -0.2) is 17.0 Å². The van der Waals surface area contributed by atoms with Crippen LogP contribution in [0.5, 0.6) is 5.75 Å². The minimum Gasteiger partial charge on any atom is -0.497 e. The molecule has 2 heterocycles. The van der Waals surface area contributed by atoms with Crippen LogP contribution in [0.15, 0.2) is 40.9 Å². The van der Waals surface area contributed by atoms with Crippen LogP contribution in [0.4, 0.5) is 11.5 Å². The first-order chi connectivity index (χ1) is 11.5. The fourth-order valence-electron chi connectivity index (χ4n) is 2.63. The summed E-state index contributed by atoms with van der Waals surface area (Å²) in [5.41, 5.74) is 1.76. The van der Waals surface area contributed by atoms with E-state index in [2.05, 4.69) is 10.3 Å². The SMILES string of the molecule is COc1ccc2oc(C(C)Nc3ccc([N+](=O)[O-])cn3)c(C)c2c1. The Labute approximate surface area is 138 Å². The fourth-order valence-corrected chi connectivity index (χ4v) is 2.63. The van der Waals surface area contributed by atoms with Crippen molar-refractivity contribution < 1.29 is 14.1 Å². The second-order valence-electron chi connectivity index (χ2n) is 5.48. The third kappa shape index (κ3) is 2.88. The highest BCUT2D eigenvalue weighted by Crippen LogP contribution is 2.33. The maximum Gasteiger partial charge on any atom is 0.287 e. The molecule has 2 aromatic heterocycles. The standard InChI is InChI=1S/C17H17N3O4/c1-10-14-8-13(23-3)5-6-15(14)24-17(10)11(2)19-16-7-4-12(9-18-16)20(21)22/h4-9,11H,1-3H3,(H,18,19). The van der Waals surface area contributed by atoms with E-state index in [-0.39, 0.29) is 11.7 Å². The molecule has 0 fully saturated rings. The summed E-state index contributed by atoms with van der Waals surface area (Å²) in [6, 6.07) is 8.52. The number of hydrogen-bond acceptors (Lipinski definition) is 6. The van der Waals surface area contributed by atoms with Gasteiger partial charge in [-0.15, -0.1) is 0 Å². The Morgan fingerprint density at radius 2 is 2.12 bits per heavy atom. The van der Waals surface area contributed by atoms with Gasteiger partial charge in [0.25, 0.3) is 5.69 Å². The Bertz CT molecular complexity index is 887. The molecule has 3 aromatic rings. The average molecular weight is 327 g/mol. The van der Waals surface area contributed by atoms with Crippen LogP contribution in [0.3, 0.4) is 0 Å². The third-order valence-corrected chi connectivity index (χ3v) is 3.90. The molecule has 0 aliphatic rings. The van der Waals surface area contributed by atoms with E-state index < -0.39 is 4.92 Å². The number of aromatic nitrogens is 1. The number of nitrogens with one attached hydrogen (secondary N) is 1. The van der Waals surface area contributed by atoms with Crippen molar-refractivity contribution >= 4 is 22.5 Å². The van der Waals surface area contributed by atoms with E-state index in [1.54, 1.807) is 13.2 Å². The summed E-state index contributed by atoms with van der Waals surface area (Å²) < 4.78 is 11.2. The molecule has 24 heavy (non-hydrogen) atoms. The van der Waals surface area contributed by atoms with Gasteiger partial charge in [0.15, 0.2) is 0 Å². The molecule has 7 heteroatoms. The number of rotatable bonds is 5. The minimum atomic E-state index is -0.475. The molecule has 124 valence electrons. The van der Waals surface area contributed by atoms with Gasteiger partial charge in [0.2, 0.25) is 0 Å². The molecule has 1 unspecified atom stereocenters. The van der Waals surface area contributed by atoms with Crippen molar-refractivity contribution in [2.24, 2.45) is 0 Å². The number of furan rings is 1. The smallest absolute Gasteiger partial charge is 0.287 e. The van der Waals surface area contributed by atoms with Crippen molar-refractivity contribution in [1.82, 2.24) is 4.98 Å². The Balaban J connectivity index is 1.86. The maximum absolute atomic E-state index is 10.7. The molecule has 0 saturated carbocycles. The molecule has 0 spiro atoms. The van der Waals surface area contributed by atoms with Gasteiger partial charge in [0.1, 0.15) is 29.1 Å². The molecule has 0 amide bonds. The molecule has 1 aromatic carbocycles. The third-order valence-electron chi connectivity index (χ3n) is 3.90. The Hall–Kier alpha value is -3.09. The van der Waals surface area contributed by atoms with Gasteiger partial charge in [0, 0.05) is 17.0 Å². The zero-order chi connectivity index (χ0) is 17.3. The number of fused-ring (bicyclic) bond motifs is 1. The number of methoxy groups -OCH3 is 1. The molecule has 0 saturated heterocycles. The van der Waals surface area contributed by atoms with Crippen LogP contribution >= 0.6 is 0 Å². The summed E-state index contributed by atoms with van der Waals surface area (Å²) in [5, 5.41) is 14.9. The summed E-state index contributed by atoms with van der Waals surface area (Å²) in [7, 11) is 1.63. The number of pyridine rings is 1. The molecule has 3 rings (SSSR count). The van der Waals surface area contributed by atoms with E-state index in [9.17, 15) is 10.1 Å². The van der Waals surface area contributed by atoms with Gasteiger partial charge in [-0.2, -0.15) is 0 Å². The minimum absolute atomic E-state index is 0.0415. The van der Waals surface area contributed by atoms with Gasteiger partial charge >= 0.3 is 0 Å². The monoisotopic (exact) mass is 327 g/mol. The van der Waals surface area contributed by atoms with Gasteiger partial charge in [-0.05, 0) is 38.1 Å². The molecule has 0 bridgehead atoms. The number of anilines is 1. The van der Waals surface area contributed by atoms with Crippen molar-refractivity contribution in [3.05, 3.63) is 58.0 Å². The van der Waals surface area contributed by atoms with Crippen molar-refractivity contribution in [3.63, 3.8) is 0 Å². The lowest BCUT2D eigenvalue weighted by Gasteiger charge is -2.12. The molecule has 7 nitrogen and oxygen atoms in total. The lowest BCUT2D eigenvalue weighted by molar-refractivity contribution is -0.385. The number of ether oxygens (including phenoxy) is 1. The van der Waals surface area contributed by atoms with Crippen LogP contribution < -0.4 is 10.1 Å². The van der Waals surface area contributed by atoms with Crippen LogP contribution in [-0.2, 0) is 0 Å². The first-order valence-electron chi connectivity index (χ1n) is 7.43. The van der Waals surface area contributed by atoms with Crippen LogP contribution in [0.25, 0.3) is 11.0 Å². The van der Waals surface area contributed by atoms with Gasteiger partial charge in [0.05, 0.1) is 18.1 Å². The van der Waals surface area contributed by atoms with Gasteiger partial charge in [-0.1, -0.05) is 0 Å². The Morgan fingerprint density at radius 1 is 1.33 bits per heavy atom. The summed E-state index contributed by atoms with van der Waals surface area (Å²) in [4.78, 5) is 14.3. The Morgan fingerprint density at radius 3 is 2.75 bits per heavy atom. The number of nitrogens with zero attached hydrogens (tertiary/aromatic N) is 2. The molecule has 1 atom stereocenters. The molecule has 1 N–H and O–H groups in total. The predicted octanol–water partition coefficient (Wildman–Crippen LogP) is 4.23. The Kier molecular flexibility index (Phi) is 4.07. The van der Waals surface area contributed by atoms with Crippen LogP contribution in [0.1, 0.15) is 24.3 Å². The zero-order valence-corrected chi connectivity index (χ0v) is 13.6. The molecular weight excluding hydrogens is 310 g/mol.